The Morgan fingerprint density at radius 2 is 0.667 bits per heavy atom. The minimum absolute atomic E-state index is 0.0649. The molecule has 6 nitrogen and oxygen atoms in total. The fraction of sp³-hybridized carbons (Fsp3) is 0.941. The number of carbonyl (C=O) groups excluding carboxylic acids is 3. The predicted octanol–water partition coefficient (Wildman–Crippen LogP) is 16.1. The topological polar surface area (TPSA) is 78.9 Å². The second-order valence-electron chi connectivity index (χ2n) is 18.2. The molecule has 0 N–H and O–H groups in total. The molecule has 0 aliphatic rings. The zero-order valence-corrected chi connectivity index (χ0v) is 39.0. The van der Waals surface area contributed by atoms with Crippen molar-refractivity contribution in [2.24, 2.45) is 11.8 Å². The molecule has 0 fully saturated rings. The third-order valence-corrected chi connectivity index (χ3v) is 11.8. The first-order valence-electron chi connectivity index (χ1n) is 25.3. The van der Waals surface area contributed by atoms with Crippen molar-refractivity contribution in [3.8, 4) is 0 Å². The lowest BCUT2D eigenvalue weighted by atomic mass is 9.99. The smallest absolute Gasteiger partial charge is 0.306 e. The third kappa shape index (κ3) is 43.8. The van der Waals surface area contributed by atoms with Crippen LogP contribution in [0.2, 0.25) is 0 Å². The summed E-state index contributed by atoms with van der Waals surface area (Å²) in [5.74, 6) is 0.799. The Morgan fingerprint density at radius 3 is 1.00 bits per heavy atom. The van der Waals surface area contributed by atoms with Crippen LogP contribution >= 0.6 is 0 Å². The van der Waals surface area contributed by atoms with Crippen molar-refractivity contribution >= 4 is 17.9 Å². The quantitative estimate of drug-likeness (QED) is 0.0346. The predicted molar refractivity (Wildman–Crippen MR) is 243 cm³/mol. The summed E-state index contributed by atoms with van der Waals surface area (Å²) in [6.07, 6.45) is 43.8. The van der Waals surface area contributed by atoms with Crippen LogP contribution in [0.25, 0.3) is 0 Å². The van der Waals surface area contributed by atoms with Gasteiger partial charge in [0.2, 0.25) is 0 Å². The monoisotopic (exact) mass is 807 g/mol. The number of rotatable bonds is 45. The first kappa shape index (κ1) is 55.4. The van der Waals surface area contributed by atoms with E-state index in [1.54, 1.807) is 0 Å². The van der Waals surface area contributed by atoms with Gasteiger partial charge in [0, 0.05) is 19.3 Å². The van der Waals surface area contributed by atoms with Gasteiger partial charge in [0.1, 0.15) is 13.2 Å². The molecule has 338 valence electrons. The standard InChI is InChI=1S/C51H98O6/c1-6-8-9-10-11-12-13-19-22-25-31-36-41-49(52)55-44-48(57-51(54)43-38-33-28-27-29-34-39-46(3)4)45-56-50(53)42-37-32-26-23-20-17-15-14-16-18-21-24-30-35-40-47(5)7-2/h46-48H,6-45H2,1-5H3/t47?,48-/m0/s1. The molecule has 6 heteroatoms. The van der Waals surface area contributed by atoms with Gasteiger partial charge in [0.15, 0.2) is 6.10 Å². The van der Waals surface area contributed by atoms with E-state index in [1.807, 2.05) is 0 Å². The summed E-state index contributed by atoms with van der Waals surface area (Å²) in [7, 11) is 0. The average Bonchev–Trinajstić information content (AvgIpc) is 3.19. The van der Waals surface area contributed by atoms with Gasteiger partial charge in [-0.05, 0) is 31.1 Å². The van der Waals surface area contributed by atoms with E-state index in [2.05, 4.69) is 34.6 Å². The van der Waals surface area contributed by atoms with E-state index < -0.39 is 6.10 Å². The van der Waals surface area contributed by atoms with Crippen LogP contribution in [-0.4, -0.2) is 37.2 Å². The number of unbranched alkanes of at least 4 members (excludes halogenated alkanes) is 29. The molecule has 0 rings (SSSR count). The Labute approximate surface area is 355 Å². The highest BCUT2D eigenvalue weighted by atomic mass is 16.6. The minimum atomic E-state index is -0.761. The summed E-state index contributed by atoms with van der Waals surface area (Å²) in [4.78, 5) is 37.8. The van der Waals surface area contributed by atoms with Gasteiger partial charge >= 0.3 is 17.9 Å². The number of carbonyl (C=O) groups is 3. The molecule has 0 saturated heterocycles. The molecule has 0 radical (unpaired) electrons. The Balaban J connectivity index is 4.23. The van der Waals surface area contributed by atoms with Gasteiger partial charge < -0.3 is 14.2 Å². The van der Waals surface area contributed by atoms with Gasteiger partial charge in [0.05, 0.1) is 0 Å². The molecule has 0 saturated carbocycles. The van der Waals surface area contributed by atoms with Crippen molar-refractivity contribution in [2.45, 2.75) is 285 Å². The molecule has 0 bridgehead atoms. The lowest BCUT2D eigenvalue weighted by Crippen LogP contribution is -2.30. The Kier molecular flexibility index (Phi) is 42.7. The maximum Gasteiger partial charge on any atom is 0.306 e. The summed E-state index contributed by atoms with van der Waals surface area (Å²) < 4.78 is 16.8. The SMILES string of the molecule is CCCCCCCCCCCCCCC(=O)OC[C@@H](COC(=O)CCCCCCCCCCCCCCCCC(C)CC)OC(=O)CCCCCCCCC(C)C. The van der Waals surface area contributed by atoms with Crippen LogP contribution in [0.4, 0.5) is 0 Å². The molecule has 2 atom stereocenters. The van der Waals surface area contributed by atoms with Crippen molar-refractivity contribution in [3.05, 3.63) is 0 Å². The Hall–Kier alpha value is -1.59. The Morgan fingerprint density at radius 1 is 0.368 bits per heavy atom. The van der Waals surface area contributed by atoms with Crippen molar-refractivity contribution < 1.29 is 28.6 Å². The lowest BCUT2D eigenvalue weighted by molar-refractivity contribution is -0.167. The second kappa shape index (κ2) is 44.0. The third-order valence-electron chi connectivity index (χ3n) is 11.8. The molecule has 0 aromatic heterocycles. The highest BCUT2D eigenvalue weighted by molar-refractivity contribution is 5.71. The van der Waals surface area contributed by atoms with Crippen LogP contribution < -0.4 is 0 Å². The number of hydrogen-bond donors (Lipinski definition) is 0. The molecular weight excluding hydrogens is 709 g/mol. The molecule has 0 aliphatic carbocycles. The zero-order valence-electron chi connectivity index (χ0n) is 39.0. The molecule has 0 aliphatic heterocycles. The van der Waals surface area contributed by atoms with E-state index in [0.717, 1.165) is 69.6 Å². The normalized spacial score (nSPS) is 12.5. The first-order chi connectivity index (χ1) is 27.8. The molecule has 1 unspecified atom stereocenters. The Bertz CT molecular complexity index is 872. The molecule has 0 amide bonds. The van der Waals surface area contributed by atoms with Crippen molar-refractivity contribution in [2.75, 3.05) is 13.2 Å². The highest BCUT2D eigenvalue weighted by Gasteiger charge is 2.19. The van der Waals surface area contributed by atoms with Gasteiger partial charge in [0.25, 0.3) is 0 Å². The summed E-state index contributed by atoms with van der Waals surface area (Å²) in [5, 5.41) is 0. The van der Waals surface area contributed by atoms with Gasteiger partial charge in [-0.15, -0.1) is 0 Å². The van der Waals surface area contributed by atoms with Gasteiger partial charge in [-0.25, -0.2) is 0 Å². The number of esters is 3. The van der Waals surface area contributed by atoms with Crippen molar-refractivity contribution in [1.82, 2.24) is 0 Å². The summed E-state index contributed by atoms with van der Waals surface area (Å²) >= 11 is 0. The van der Waals surface area contributed by atoms with E-state index >= 15 is 0 Å². The van der Waals surface area contributed by atoms with Gasteiger partial charge in [-0.1, -0.05) is 240 Å². The minimum Gasteiger partial charge on any atom is -0.462 e. The molecule has 57 heavy (non-hydrogen) atoms. The van der Waals surface area contributed by atoms with Crippen LogP contribution in [0.3, 0.4) is 0 Å². The van der Waals surface area contributed by atoms with Crippen molar-refractivity contribution in [3.63, 3.8) is 0 Å². The molecule has 0 aromatic carbocycles. The van der Waals surface area contributed by atoms with E-state index in [1.165, 1.54) is 167 Å². The fourth-order valence-corrected chi connectivity index (χ4v) is 7.60. The largest absolute Gasteiger partial charge is 0.462 e. The summed E-state index contributed by atoms with van der Waals surface area (Å²) in [6.45, 7) is 11.3. The van der Waals surface area contributed by atoms with E-state index in [-0.39, 0.29) is 31.1 Å². The lowest BCUT2D eigenvalue weighted by Gasteiger charge is -2.18. The molecular formula is C51H98O6. The van der Waals surface area contributed by atoms with E-state index in [9.17, 15) is 14.4 Å². The number of hydrogen-bond acceptors (Lipinski definition) is 6. The van der Waals surface area contributed by atoms with Gasteiger partial charge in [-0.2, -0.15) is 0 Å². The maximum atomic E-state index is 12.7. The van der Waals surface area contributed by atoms with E-state index in [0.29, 0.717) is 19.3 Å². The second-order valence-corrected chi connectivity index (χ2v) is 18.2. The van der Waals surface area contributed by atoms with Crippen LogP contribution in [0.1, 0.15) is 279 Å². The zero-order chi connectivity index (χ0) is 41.9. The van der Waals surface area contributed by atoms with Crippen LogP contribution in [-0.2, 0) is 28.6 Å². The molecule has 0 spiro atoms. The van der Waals surface area contributed by atoms with Gasteiger partial charge in [-0.3, -0.25) is 14.4 Å². The number of ether oxygens (including phenoxy) is 3. The van der Waals surface area contributed by atoms with Crippen molar-refractivity contribution in [1.29, 1.82) is 0 Å². The van der Waals surface area contributed by atoms with Crippen LogP contribution in [0.5, 0.6) is 0 Å². The fourth-order valence-electron chi connectivity index (χ4n) is 7.60. The van der Waals surface area contributed by atoms with Crippen LogP contribution in [0.15, 0.2) is 0 Å². The molecule has 0 heterocycles. The van der Waals surface area contributed by atoms with E-state index in [4.69, 9.17) is 14.2 Å². The first-order valence-corrected chi connectivity index (χ1v) is 25.3. The highest BCUT2D eigenvalue weighted by Crippen LogP contribution is 2.18. The average molecular weight is 807 g/mol. The van der Waals surface area contributed by atoms with Crippen LogP contribution in [0, 0.1) is 11.8 Å². The summed E-state index contributed by atoms with van der Waals surface area (Å²) in [5.41, 5.74) is 0. The summed E-state index contributed by atoms with van der Waals surface area (Å²) in [6, 6.07) is 0. The molecule has 0 aromatic rings. The maximum absolute atomic E-state index is 12.7.